The van der Waals surface area contributed by atoms with Crippen molar-refractivity contribution >= 4 is 38.9 Å². The Morgan fingerprint density at radius 3 is 2.43 bits per heavy atom. The van der Waals surface area contributed by atoms with Crippen molar-refractivity contribution in [3.05, 3.63) is 57.8 Å². The van der Waals surface area contributed by atoms with Crippen LogP contribution in [-0.4, -0.2) is 8.42 Å². The van der Waals surface area contributed by atoms with Crippen molar-refractivity contribution in [1.29, 1.82) is 0 Å². The summed E-state index contributed by atoms with van der Waals surface area (Å²) >= 11 is 11.9. The molecule has 0 amide bonds. The zero-order chi connectivity index (χ0) is 15.6. The molecule has 0 aliphatic rings. The summed E-state index contributed by atoms with van der Waals surface area (Å²) < 4.78 is 40.3. The average Bonchev–Trinajstić information content (AvgIpc) is 2.41. The van der Waals surface area contributed by atoms with E-state index in [-0.39, 0.29) is 27.2 Å². The van der Waals surface area contributed by atoms with Gasteiger partial charge in [0.2, 0.25) is 0 Å². The molecule has 2 aromatic carbocycles. The fraction of sp³-hybridized carbons (Fsp3) is 0.0769. The van der Waals surface area contributed by atoms with Crippen LogP contribution in [0.1, 0.15) is 5.56 Å². The van der Waals surface area contributed by atoms with Gasteiger partial charge in [-0.25, -0.2) is 12.8 Å². The highest BCUT2D eigenvalue weighted by Gasteiger charge is 2.22. The Kier molecular flexibility index (Phi) is 4.73. The molecule has 8 heteroatoms. The SMILES string of the molecule is NCc1c(Cl)ccc(S(=O)(=O)Nc2ccccc2F)c1Cl. The van der Waals surface area contributed by atoms with E-state index in [4.69, 9.17) is 28.9 Å². The van der Waals surface area contributed by atoms with Crippen LogP contribution in [0.25, 0.3) is 0 Å². The van der Waals surface area contributed by atoms with Gasteiger partial charge in [-0.1, -0.05) is 35.3 Å². The Balaban J connectivity index is 2.48. The van der Waals surface area contributed by atoms with Crippen molar-refractivity contribution in [2.24, 2.45) is 5.73 Å². The molecule has 0 aliphatic heterocycles. The molecule has 2 aromatic rings. The van der Waals surface area contributed by atoms with Gasteiger partial charge in [-0.05, 0) is 24.3 Å². The maximum atomic E-state index is 13.5. The van der Waals surface area contributed by atoms with Gasteiger partial charge in [0.05, 0.1) is 10.7 Å². The molecule has 0 heterocycles. The summed E-state index contributed by atoms with van der Waals surface area (Å²) in [6.45, 7) is -0.0132. The minimum Gasteiger partial charge on any atom is -0.326 e. The van der Waals surface area contributed by atoms with Gasteiger partial charge in [-0.2, -0.15) is 0 Å². The molecule has 0 fully saturated rings. The average molecular weight is 349 g/mol. The van der Waals surface area contributed by atoms with Crippen LogP contribution in [0.2, 0.25) is 10.0 Å². The number of benzene rings is 2. The quantitative estimate of drug-likeness (QED) is 0.889. The predicted octanol–water partition coefficient (Wildman–Crippen LogP) is 3.39. The number of anilines is 1. The maximum absolute atomic E-state index is 13.5. The van der Waals surface area contributed by atoms with E-state index < -0.39 is 15.8 Å². The third-order valence-electron chi connectivity index (χ3n) is 2.76. The predicted molar refractivity (Wildman–Crippen MR) is 81.6 cm³/mol. The summed E-state index contributed by atoms with van der Waals surface area (Å²) in [5.41, 5.74) is 5.64. The van der Waals surface area contributed by atoms with Crippen molar-refractivity contribution in [3.8, 4) is 0 Å². The van der Waals surface area contributed by atoms with Crippen LogP contribution in [0.4, 0.5) is 10.1 Å². The first-order valence-corrected chi connectivity index (χ1v) is 8.05. The number of sulfonamides is 1. The molecule has 0 spiro atoms. The van der Waals surface area contributed by atoms with Crippen LogP contribution in [0.5, 0.6) is 0 Å². The van der Waals surface area contributed by atoms with E-state index in [9.17, 15) is 12.8 Å². The van der Waals surface area contributed by atoms with E-state index in [0.29, 0.717) is 5.56 Å². The molecule has 0 aliphatic carbocycles. The lowest BCUT2D eigenvalue weighted by molar-refractivity contribution is 0.598. The van der Waals surface area contributed by atoms with Gasteiger partial charge in [-0.3, -0.25) is 4.72 Å². The molecule has 0 radical (unpaired) electrons. The molecule has 112 valence electrons. The third kappa shape index (κ3) is 3.29. The molecule has 21 heavy (non-hydrogen) atoms. The molecule has 4 nitrogen and oxygen atoms in total. The number of para-hydroxylation sites is 1. The van der Waals surface area contributed by atoms with Gasteiger partial charge < -0.3 is 5.73 Å². The van der Waals surface area contributed by atoms with E-state index >= 15 is 0 Å². The maximum Gasteiger partial charge on any atom is 0.263 e. The van der Waals surface area contributed by atoms with Crippen LogP contribution >= 0.6 is 23.2 Å². The molecule has 0 saturated heterocycles. The first kappa shape index (κ1) is 16.0. The van der Waals surface area contributed by atoms with Crippen molar-refractivity contribution in [2.45, 2.75) is 11.4 Å². The molecule has 2 rings (SSSR count). The number of nitrogens with one attached hydrogen (secondary N) is 1. The largest absolute Gasteiger partial charge is 0.326 e. The Morgan fingerprint density at radius 1 is 1.14 bits per heavy atom. The lowest BCUT2D eigenvalue weighted by Crippen LogP contribution is -2.15. The highest BCUT2D eigenvalue weighted by atomic mass is 35.5. The van der Waals surface area contributed by atoms with Gasteiger partial charge in [0, 0.05) is 17.1 Å². The number of rotatable bonds is 4. The van der Waals surface area contributed by atoms with Crippen molar-refractivity contribution in [1.82, 2.24) is 0 Å². The standard InChI is InChI=1S/C13H11Cl2FN2O2S/c14-9-5-6-12(13(15)8(9)7-17)21(19,20)18-11-4-2-1-3-10(11)16/h1-6,18H,7,17H2. The lowest BCUT2D eigenvalue weighted by atomic mass is 10.2. The van der Waals surface area contributed by atoms with E-state index in [1.807, 2.05) is 0 Å². The summed E-state index contributed by atoms with van der Waals surface area (Å²) in [6.07, 6.45) is 0. The minimum absolute atomic E-state index is 0.0132. The summed E-state index contributed by atoms with van der Waals surface area (Å²) in [7, 11) is -4.05. The van der Waals surface area contributed by atoms with E-state index in [2.05, 4.69) is 4.72 Å². The summed E-state index contributed by atoms with van der Waals surface area (Å²) in [4.78, 5) is -0.211. The smallest absolute Gasteiger partial charge is 0.263 e. The molecule has 0 aromatic heterocycles. The van der Waals surface area contributed by atoms with Gasteiger partial charge in [0.1, 0.15) is 10.7 Å². The van der Waals surface area contributed by atoms with Crippen LogP contribution < -0.4 is 10.5 Å². The Hall–Kier alpha value is -1.34. The fourth-order valence-electron chi connectivity index (χ4n) is 1.71. The van der Waals surface area contributed by atoms with Crippen LogP contribution in [0.3, 0.4) is 0 Å². The second kappa shape index (κ2) is 6.19. The fourth-order valence-corrected chi connectivity index (χ4v) is 3.72. The molecular weight excluding hydrogens is 338 g/mol. The highest BCUT2D eigenvalue weighted by molar-refractivity contribution is 7.92. The summed E-state index contributed by atoms with van der Waals surface area (Å²) in [5, 5.41) is 0.196. The molecule has 0 unspecified atom stereocenters. The highest BCUT2D eigenvalue weighted by Crippen LogP contribution is 2.32. The number of hydrogen-bond donors (Lipinski definition) is 2. The molecule has 0 bridgehead atoms. The van der Waals surface area contributed by atoms with Crippen molar-refractivity contribution < 1.29 is 12.8 Å². The molecule has 0 atom stereocenters. The zero-order valence-electron chi connectivity index (χ0n) is 10.6. The van der Waals surface area contributed by atoms with Gasteiger partial charge >= 0.3 is 0 Å². The third-order valence-corrected chi connectivity index (χ3v) is 5.07. The minimum atomic E-state index is -4.05. The van der Waals surface area contributed by atoms with Crippen molar-refractivity contribution in [3.63, 3.8) is 0 Å². The lowest BCUT2D eigenvalue weighted by Gasteiger charge is -2.13. The monoisotopic (exact) mass is 348 g/mol. The number of hydrogen-bond acceptors (Lipinski definition) is 3. The van der Waals surface area contributed by atoms with Gasteiger partial charge in [0.15, 0.2) is 0 Å². The molecule has 0 saturated carbocycles. The Labute approximate surface area is 131 Å². The second-order valence-electron chi connectivity index (χ2n) is 4.13. The Bertz CT molecular complexity index is 782. The van der Waals surface area contributed by atoms with E-state index in [1.54, 1.807) is 0 Å². The number of halogens is 3. The summed E-state index contributed by atoms with van der Waals surface area (Å²) in [6, 6.07) is 8.04. The zero-order valence-corrected chi connectivity index (χ0v) is 12.9. The van der Waals surface area contributed by atoms with Crippen molar-refractivity contribution in [2.75, 3.05) is 4.72 Å². The number of nitrogens with two attached hydrogens (primary N) is 1. The normalized spacial score (nSPS) is 11.4. The summed E-state index contributed by atoms with van der Waals surface area (Å²) in [5.74, 6) is -0.690. The van der Waals surface area contributed by atoms with Crippen LogP contribution in [0.15, 0.2) is 41.3 Å². The second-order valence-corrected chi connectivity index (χ2v) is 6.56. The van der Waals surface area contributed by atoms with Crippen LogP contribution in [0, 0.1) is 5.82 Å². The topological polar surface area (TPSA) is 72.2 Å². The first-order chi connectivity index (χ1) is 9.86. The van der Waals surface area contributed by atoms with Gasteiger partial charge in [-0.15, -0.1) is 0 Å². The van der Waals surface area contributed by atoms with E-state index in [0.717, 1.165) is 6.07 Å². The molecular formula is C13H11Cl2FN2O2S. The van der Waals surface area contributed by atoms with Gasteiger partial charge in [0.25, 0.3) is 10.0 Å². The van der Waals surface area contributed by atoms with E-state index in [1.165, 1.54) is 30.3 Å². The molecule has 3 N–H and O–H groups in total. The Morgan fingerprint density at radius 2 is 1.81 bits per heavy atom. The van der Waals surface area contributed by atoms with Crippen LogP contribution in [-0.2, 0) is 16.6 Å². The first-order valence-electron chi connectivity index (χ1n) is 5.81.